The Kier molecular flexibility index (Phi) is 3.36. The van der Waals surface area contributed by atoms with Gasteiger partial charge in [-0.1, -0.05) is 0 Å². The summed E-state index contributed by atoms with van der Waals surface area (Å²) in [5.74, 6) is 0.400. The molecule has 0 amide bonds. The summed E-state index contributed by atoms with van der Waals surface area (Å²) in [6.07, 6.45) is 5.30. The van der Waals surface area contributed by atoms with Crippen molar-refractivity contribution in [2.75, 3.05) is 11.5 Å². The topological polar surface area (TPSA) is 95.0 Å². The van der Waals surface area contributed by atoms with Crippen LogP contribution in [0.3, 0.4) is 0 Å². The van der Waals surface area contributed by atoms with Crippen LogP contribution in [-0.2, 0) is 9.84 Å². The number of sulfone groups is 1. The van der Waals surface area contributed by atoms with Gasteiger partial charge in [-0.3, -0.25) is 4.68 Å². The van der Waals surface area contributed by atoms with Gasteiger partial charge >= 0.3 is 0 Å². The monoisotopic (exact) mass is 308 g/mol. The number of hydrogen-bond donors (Lipinski definition) is 0. The first kappa shape index (κ1) is 13.9. The Labute approximate surface area is 122 Å². The second-order valence-corrected chi connectivity index (χ2v) is 7.40. The maximum Gasteiger partial charge on any atom is 0.152 e. The van der Waals surface area contributed by atoms with E-state index in [0.717, 1.165) is 17.0 Å². The third-order valence-electron chi connectivity index (χ3n) is 3.66. The molecule has 0 aromatic carbocycles. The van der Waals surface area contributed by atoms with Crippen molar-refractivity contribution in [1.82, 2.24) is 24.7 Å². The average Bonchev–Trinajstić information content (AvgIpc) is 3.10. The Bertz CT molecular complexity index is 775. The molecule has 0 radical (unpaired) electrons. The van der Waals surface area contributed by atoms with E-state index in [4.69, 9.17) is 0 Å². The van der Waals surface area contributed by atoms with E-state index in [1.807, 2.05) is 18.5 Å². The summed E-state index contributed by atoms with van der Waals surface area (Å²) < 4.78 is 26.5. The van der Waals surface area contributed by atoms with Crippen LogP contribution in [0.2, 0.25) is 0 Å². The molecule has 0 unspecified atom stereocenters. The van der Waals surface area contributed by atoms with Gasteiger partial charge in [-0.15, -0.1) is 10.2 Å². The second kappa shape index (κ2) is 5.06. The summed E-state index contributed by atoms with van der Waals surface area (Å²) in [6, 6.07) is -0.0780. The summed E-state index contributed by atoms with van der Waals surface area (Å²) in [4.78, 5) is 0. The van der Waals surface area contributed by atoms with Crippen LogP contribution in [0.4, 0.5) is 0 Å². The number of nitrogens with zero attached hydrogens (tertiary/aromatic N) is 6. The summed E-state index contributed by atoms with van der Waals surface area (Å²) in [5.41, 5.74) is 2.65. The lowest BCUT2D eigenvalue weighted by Crippen LogP contribution is -2.14. The standard InChI is InChI=1S/C12H16N6O2S/c1-9-12(5-15-17-7-13-14-8-17)10(2)18(16-9)11-3-4-21(19,20)6-11/h5,7-8,11H,3-4,6H2,1-2H3/t11-/m0/s1. The van der Waals surface area contributed by atoms with Crippen molar-refractivity contribution in [2.24, 2.45) is 5.10 Å². The Morgan fingerprint density at radius 2 is 2.05 bits per heavy atom. The molecule has 1 atom stereocenters. The second-order valence-electron chi connectivity index (χ2n) is 5.17. The van der Waals surface area contributed by atoms with E-state index >= 15 is 0 Å². The highest BCUT2D eigenvalue weighted by Gasteiger charge is 2.31. The fraction of sp³-hybridized carbons (Fsp3) is 0.500. The number of aryl methyl sites for hydroxylation is 1. The van der Waals surface area contributed by atoms with Crippen LogP contribution in [0.25, 0.3) is 0 Å². The van der Waals surface area contributed by atoms with Crippen molar-refractivity contribution in [3.8, 4) is 0 Å². The molecule has 112 valence electrons. The minimum atomic E-state index is -2.93. The van der Waals surface area contributed by atoms with Crippen molar-refractivity contribution in [1.29, 1.82) is 0 Å². The van der Waals surface area contributed by atoms with Gasteiger partial charge < -0.3 is 0 Å². The minimum Gasteiger partial charge on any atom is -0.265 e. The molecule has 1 aliphatic heterocycles. The van der Waals surface area contributed by atoms with Crippen LogP contribution in [0.5, 0.6) is 0 Å². The maximum absolute atomic E-state index is 11.6. The lowest BCUT2D eigenvalue weighted by Gasteiger charge is -2.10. The van der Waals surface area contributed by atoms with Gasteiger partial charge in [0, 0.05) is 11.3 Å². The van der Waals surface area contributed by atoms with Gasteiger partial charge in [-0.25, -0.2) is 13.1 Å². The first-order valence-electron chi connectivity index (χ1n) is 6.61. The van der Waals surface area contributed by atoms with E-state index in [2.05, 4.69) is 20.4 Å². The van der Waals surface area contributed by atoms with Gasteiger partial charge in [-0.05, 0) is 20.3 Å². The maximum atomic E-state index is 11.6. The van der Waals surface area contributed by atoms with Crippen LogP contribution >= 0.6 is 0 Å². The number of rotatable bonds is 3. The predicted octanol–water partition coefficient (Wildman–Crippen LogP) is 0.333. The lowest BCUT2D eigenvalue weighted by atomic mass is 10.2. The summed E-state index contributed by atoms with van der Waals surface area (Å²) in [6.45, 7) is 3.82. The molecule has 0 spiro atoms. The van der Waals surface area contributed by atoms with Crippen LogP contribution in [0, 0.1) is 13.8 Å². The van der Waals surface area contributed by atoms with E-state index < -0.39 is 9.84 Å². The van der Waals surface area contributed by atoms with Crippen molar-refractivity contribution in [2.45, 2.75) is 26.3 Å². The van der Waals surface area contributed by atoms with Gasteiger partial charge in [0.05, 0.1) is 29.5 Å². The zero-order valence-electron chi connectivity index (χ0n) is 11.8. The van der Waals surface area contributed by atoms with Crippen molar-refractivity contribution in [3.05, 3.63) is 29.6 Å². The molecule has 2 aromatic heterocycles. The molecule has 1 fully saturated rings. The Morgan fingerprint density at radius 1 is 1.33 bits per heavy atom. The molecule has 9 heteroatoms. The molecule has 21 heavy (non-hydrogen) atoms. The van der Waals surface area contributed by atoms with Crippen LogP contribution in [-0.4, -0.2) is 50.8 Å². The van der Waals surface area contributed by atoms with Gasteiger partial charge in [0.2, 0.25) is 0 Å². The van der Waals surface area contributed by atoms with Crippen molar-refractivity contribution in [3.63, 3.8) is 0 Å². The van der Waals surface area contributed by atoms with Crippen LogP contribution in [0.1, 0.15) is 29.4 Å². The number of aromatic nitrogens is 5. The zero-order chi connectivity index (χ0) is 15.0. The predicted molar refractivity (Wildman–Crippen MR) is 77.0 cm³/mol. The van der Waals surface area contributed by atoms with Crippen molar-refractivity contribution < 1.29 is 8.42 Å². The van der Waals surface area contributed by atoms with E-state index in [0.29, 0.717) is 6.42 Å². The van der Waals surface area contributed by atoms with Crippen LogP contribution in [0.15, 0.2) is 17.8 Å². The number of hydrogen-bond acceptors (Lipinski definition) is 6. The molecule has 1 aliphatic rings. The zero-order valence-corrected chi connectivity index (χ0v) is 12.7. The molecular formula is C12H16N6O2S. The third-order valence-corrected chi connectivity index (χ3v) is 5.41. The van der Waals surface area contributed by atoms with Gasteiger partial charge in [0.15, 0.2) is 9.84 Å². The van der Waals surface area contributed by atoms with Gasteiger partial charge in [0.1, 0.15) is 12.7 Å². The van der Waals surface area contributed by atoms with E-state index in [9.17, 15) is 8.42 Å². The highest BCUT2D eigenvalue weighted by atomic mass is 32.2. The Hall–Kier alpha value is -2.03. The third kappa shape index (κ3) is 2.73. The molecule has 2 aromatic rings. The average molecular weight is 308 g/mol. The highest BCUT2D eigenvalue weighted by molar-refractivity contribution is 7.91. The van der Waals surface area contributed by atoms with Crippen molar-refractivity contribution >= 4 is 16.1 Å². The summed E-state index contributed by atoms with van der Waals surface area (Å²) >= 11 is 0. The fourth-order valence-electron chi connectivity index (χ4n) is 2.57. The molecule has 3 rings (SSSR count). The molecule has 0 N–H and O–H groups in total. The normalized spacial score (nSPS) is 21.3. The fourth-order valence-corrected chi connectivity index (χ4v) is 4.26. The largest absolute Gasteiger partial charge is 0.265 e. The minimum absolute atomic E-state index is 0.0780. The molecule has 0 bridgehead atoms. The molecule has 0 aliphatic carbocycles. The smallest absolute Gasteiger partial charge is 0.152 e. The first-order valence-corrected chi connectivity index (χ1v) is 8.43. The lowest BCUT2D eigenvalue weighted by molar-refractivity contribution is 0.486. The van der Waals surface area contributed by atoms with E-state index in [1.54, 1.807) is 6.21 Å². The van der Waals surface area contributed by atoms with Gasteiger partial charge in [0.25, 0.3) is 0 Å². The molecule has 8 nitrogen and oxygen atoms in total. The summed E-state index contributed by atoms with van der Waals surface area (Å²) in [7, 11) is -2.93. The SMILES string of the molecule is Cc1nn([C@H]2CCS(=O)(=O)C2)c(C)c1C=Nn1cnnc1. The van der Waals surface area contributed by atoms with E-state index in [1.165, 1.54) is 17.3 Å². The highest BCUT2D eigenvalue weighted by Crippen LogP contribution is 2.26. The molecule has 1 saturated heterocycles. The first-order chi connectivity index (χ1) is 9.96. The van der Waals surface area contributed by atoms with Crippen LogP contribution < -0.4 is 0 Å². The van der Waals surface area contributed by atoms with E-state index in [-0.39, 0.29) is 17.5 Å². The Morgan fingerprint density at radius 3 is 2.67 bits per heavy atom. The Balaban J connectivity index is 1.90. The van der Waals surface area contributed by atoms with Gasteiger partial charge in [-0.2, -0.15) is 10.2 Å². The molecular weight excluding hydrogens is 292 g/mol. The summed E-state index contributed by atoms with van der Waals surface area (Å²) in [5, 5.41) is 16.1. The molecule has 3 heterocycles. The quantitative estimate of drug-likeness (QED) is 0.762. The molecule has 0 saturated carbocycles.